The molecule has 0 atom stereocenters. The number of barbiturate groups is 1. The fraction of sp³-hybridized carbons (Fsp3) is 0.226. The first kappa shape index (κ1) is 31.9. The Bertz CT molecular complexity index is 1610. The highest BCUT2D eigenvalue weighted by molar-refractivity contribution is 9.10. The van der Waals surface area contributed by atoms with E-state index < -0.39 is 23.8 Å². The number of imide groups is 2. The molecule has 4 rings (SSSR count). The molecule has 1 saturated heterocycles. The van der Waals surface area contributed by atoms with E-state index in [9.17, 15) is 19.2 Å². The van der Waals surface area contributed by atoms with Gasteiger partial charge >= 0.3 is 6.03 Å². The third-order valence-corrected chi connectivity index (χ3v) is 6.84. The normalized spacial score (nSPS) is 13.8. The van der Waals surface area contributed by atoms with Crippen molar-refractivity contribution < 1.29 is 42.9 Å². The quantitative estimate of drug-likeness (QED) is 0.203. The molecule has 0 spiro atoms. The van der Waals surface area contributed by atoms with Crippen LogP contribution in [0.3, 0.4) is 0 Å². The largest absolute Gasteiger partial charge is 0.497 e. The third-order valence-electron chi connectivity index (χ3n) is 6.25. The van der Waals surface area contributed by atoms with Crippen molar-refractivity contribution in [3.05, 3.63) is 70.2 Å². The Kier molecular flexibility index (Phi) is 10.5. The lowest BCUT2D eigenvalue weighted by Gasteiger charge is -2.27. The average Bonchev–Trinajstić information content (AvgIpc) is 3.01. The molecule has 0 radical (unpaired) electrons. The van der Waals surface area contributed by atoms with Crippen molar-refractivity contribution in [2.24, 2.45) is 0 Å². The molecule has 1 aliphatic heterocycles. The summed E-state index contributed by atoms with van der Waals surface area (Å²) in [5, 5.41) is 4.92. The van der Waals surface area contributed by atoms with Crippen molar-refractivity contribution in [3.63, 3.8) is 0 Å². The molecule has 3 aromatic carbocycles. The van der Waals surface area contributed by atoms with E-state index in [0.717, 1.165) is 11.3 Å². The molecule has 0 aromatic heterocycles. The van der Waals surface area contributed by atoms with Gasteiger partial charge in [-0.1, -0.05) is 6.92 Å². The first-order valence-electron chi connectivity index (χ1n) is 13.4. The summed E-state index contributed by atoms with van der Waals surface area (Å²) in [5.41, 5.74) is 0.838. The van der Waals surface area contributed by atoms with Crippen LogP contribution in [0.2, 0.25) is 0 Å². The lowest BCUT2D eigenvalue weighted by molar-refractivity contribution is -0.122. The molecule has 12 nitrogen and oxygen atoms in total. The molecule has 0 bridgehead atoms. The summed E-state index contributed by atoms with van der Waals surface area (Å²) in [6.07, 6.45) is 2.10. The zero-order valence-electron chi connectivity index (χ0n) is 24.4. The van der Waals surface area contributed by atoms with E-state index in [1.807, 2.05) is 6.92 Å². The molecule has 0 unspecified atom stereocenters. The molecule has 0 saturated carbocycles. The van der Waals surface area contributed by atoms with Crippen LogP contribution < -0.4 is 39.2 Å². The standard InChI is InChI=1S/C31H30BrN3O9/c1-5-12-43-24-11-8-20(16-25(24)41-3)35-30(38)22(29(37)34-31(35)39)13-18-14-23(32)28(26(15-18)42-4)44-17-27(36)33-19-6-9-21(40-2)10-7-19/h6-11,13-16H,5,12,17H2,1-4H3,(H,33,36)(H,34,37,39)/b22-13-. The van der Waals surface area contributed by atoms with Gasteiger partial charge in [0.15, 0.2) is 29.6 Å². The molecule has 5 amide bonds. The monoisotopic (exact) mass is 667 g/mol. The Morgan fingerprint density at radius 3 is 2.30 bits per heavy atom. The SMILES string of the molecule is CCCOc1ccc(N2C(=O)NC(=O)/C(=C/c3cc(Br)c(OCC(=O)Nc4ccc(OC)cc4)c(OC)c3)C2=O)cc1OC. The van der Waals surface area contributed by atoms with E-state index >= 15 is 0 Å². The van der Waals surface area contributed by atoms with Gasteiger partial charge in [-0.25, -0.2) is 9.69 Å². The van der Waals surface area contributed by atoms with E-state index in [4.69, 9.17) is 23.7 Å². The number of hydrogen-bond acceptors (Lipinski definition) is 9. The van der Waals surface area contributed by atoms with Crippen LogP contribution in [0.1, 0.15) is 18.9 Å². The summed E-state index contributed by atoms with van der Waals surface area (Å²) >= 11 is 3.41. The predicted octanol–water partition coefficient (Wildman–Crippen LogP) is 4.95. The number of hydrogen-bond donors (Lipinski definition) is 2. The van der Waals surface area contributed by atoms with Gasteiger partial charge in [0.25, 0.3) is 17.7 Å². The van der Waals surface area contributed by atoms with Crippen LogP contribution in [0, 0.1) is 0 Å². The smallest absolute Gasteiger partial charge is 0.335 e. The van der Waals surface area contributed by atoms with Gasteiger partial charge in [0.05, 0.1) is 38.1 Å². The molecular weight excluding hydrogens is 638 g/mol. The summed E-state index contributed by atoms with van der Waals surface area (Å²) in [7, 11) is 4.40. The van der Waals surface area contributed by atoms with E-state index in [1.54, 1.807) is 43.5 Å². The topological polar surface area (TPSA) is 142 Å². The highest BCUT2D eigenvalue weighted by Gasteiger charge is 2.37. The molecule has 13 heteroatoms. The summed E-state index contributed by atoms with van der Waals surface area (Å²) in [5.74, 6) is -0.230. The van der Waals surface area contributed by atoms with Gasteiger partial charge in [-0.3, -0.25) is 19.7 Å². The Morgan fingerprint density at radius 2 is 1.64 bits per heavy atom. The Hall–Kier alpha value is -5.04. The van der Waals surface area contributed by atoms with Crippen molar-refractivity contribution in [1.82, 2.24) is 5.32 Å². The molecular formula is C31H30BrN3O9. The van der Waals surface area contributed by atoms with Crippen LogP contribution in [0.4, 0.5) is 16.2 Å². The summed E-state index contributed by atoms with van der Waals surface area (Å²) in [4.78, 5) is 52.3. The number of carbonyl (C=O) groups excluding carboxylic acids is 4. The number of ether oxygens (including phenoxy) is 5. The first-order chi connectivity index (χ1) is 21.2. The molecule has 2 N–H and O–H groups in total. The molecule has 1 heterocycles. The number of carbonyl (C=O) groups is 4. The van der Waals surface area contributed by atoms with Crippen molar-refractivity contribution >= 4 is 57.1 Å². The maximum absolute atomic E-state index is 13.5. The van der Waals surface area contributed by atoms with Crippen molar-refractivity contribution in [2.75, 3.05) is 44.8 Å². The number of benzene rings is 3. The second-order valence-electron chi connectivity index (χ2n) is 9.24. The maximum atomic E-state index is 13.5. The second kappa shape index (κ2) is 14.4. The van der Waals surface area contributed by atoms with Gasteiger partial charge in [0.2, 0.25) is 0 Å². The van der Waals surface area contributed by atoms with Crippen molar-refractivity contribution in [2.45, 2.75) is 13.3 Å². The maximum Gasteiger partial charge on any atom is 0.335 e. The highest BCUT2D eigenvalue weighted by Crippen LogP contribution is 2.38. The van der Waals surface area contributed by atoms with Crippen LogP contribution in [0.15, 0.2) is 64.6 Å². The fourth-order valence-corrected chi connectivity index (χ4v) is 4.73. The Labute approximate surface area is 262 Å². The molecule has 230 valence electrons. The van der Waals surface area contributed by atoms with Gasteiger partial charge in [-0.2, -0.15) is 0 Å². The summed E-state index contributed by atoms with van der Waals surface area (Å²) in [6.45, 7) is 2.09. The zero-order chi connectivity index (χ0) is 31.8. The fourth-order valence-electron chi connectivity index (χ4n) is 4.16. The van der Waals surface area contributed by atoms with Crippen LogP contribution in [-0.4, -0.2) is 58.3 Å². The van der Waals surface area contributed by atoms with Gasteiger partial charge in [-0.15, -0.1) is 0 Å². The first-order valence-corrected chi connectivity index (χ1v) is 14.1. The Balaban J connectivity index is 1.54. The minimum atomic E-state index is -0.906. The number of amides is 5. The van der Waals surface area contributed by atoms with Crippen molar-refractivity contribution in [3.8, 4) is 28.7 Å². The van der Waals surface area contributed by atoms with E-state index in [0.29, 0.717) is 39.6 Å². The third kappa shape index (κ3) is 7.29. The van der Waals surface area contributed by atoms with Crippen molar-refractivity contribution in [1.29, 1.82) is 0 Å². The number of nitrogens with one attached hydrogen (secondary N) is 2. The molecule has 1 aliphatic rings. The van der Waals surface area contributed by atoms with E-state index in [-0.39, 0.29) is 29.4 Å². The Morgan fingerprint density at radius 1 is 0.909 bits per heavy atom. The van der Waals surface area contributed by atoms with E-state index in [1.165, 1.54) is 38.5 Å². The van der Waals surface area contributed by atoms with Crippen LogP contribution >= 0.6 is 15.9 Å². The van der Waals surface area contributed by atoms with Gasteiger partial charge < -0.3 is 29.0 Å². The highest BCUT2D eigenvalue weighted by atomic mass is 79.9. The number of urea groups is 1. The van der Waals surface area contributed by atoms with E-state index in [2.05, 4.69) is 26.6 Å². The number of methoxy groups -OCH3 is 3. The van der Waals surface area contributed by atoms with Gasteiger partial charge in [-0.05, 0) is 82.5 Å². The average molecular weight is 668 g/mol. The lowest BCUT2D eigenvalue weighted by Crippen LogP contribution is -2.54. The predicted molar refractivity (Wildman–Crippen MR) is 166 cm³/mol. The zero-order valence-corrected chi connectivity index (χ0v) is 26.0. The van der Waals surface area contributed by atoms with Crippen LogP contribution in [0.25, 0.3) is 6.08 Å². The number of nitrogens with zero attached hydrogens (tertiary/aromatic N) is 1. The summed E-state index contributed by atoms with van der Waals surface area (Å²) < 4.78 is 27.7. The minimum absolute atomic E-state index is 0.182. The van der Waals surface area contributed by atoms with Gasteiger partial charge in [0.1, 0.15) is 11.3 Å². The molecule has 3 aromatic rings. The van der Waals surface area contributed by atoms with Crippen LogP contribution in [0.5, 0.6) is 28.7 Å². The number of rotatable bonds is 12. The molecule has 1 fully saturated rings. The second-order valence-corrected chi connectivity index (χ2v) is 10.1. The number of anilines is 2. The number of halogens is 1. The molecule has 0 aliphatic carbocycles. The molecule has 44 heavy (non-hydrogen) atoms. The summed E-state index contributed by atoms with van der Waals surface area (Å²) in [6, 6.07) is 13.6. The van der Waals surface area contributed by atoms with Crippen LogP contribution in [-0.2, 0) is 14.4 Å². The minimum Gasteiger partial charge on any atom is -0.497 e. The van der Waals surface area contributed by atoms with Gasteiger partial charge in [0, 0.05) is 11.8 Å². The lowest BCUT2D eigenvalue weighted by atomic mass is 10.1.